The van der Waals surface area contributed by atoms with E-state index in [4.69, 9.17) is 33.7 Å². The molecule has 0 aromatic heterocycles. The highest BCUT2D eigenvalue weighted by molar-refractivity contribution is 6.42. The van der Waals surface area contributed by atoms with Crippen LogP contribution in [0.2, 0.25) is 10.0 Å². The average molecular weight is 324 g/mol. The first kappa shape index (κ1) is 16.2. The molecule has 1 unspecified atom stereocenters. The van der Waals surface area contributed by atoms with Gasteiger partial charge in [-0.3, -0.25) is 0 Å². The van der Waals surface area contributed by atoms with Gasteiger partial charge in [0, 0.05) is 12.1 Å². The minimum absolute atomic E-state index is 0.200. The van der Waals surface area contributed by atoms with Crippen LogP contribution < -0.4 is 10.5 Å². The fourth-order valence-electron chi connectivity index (χ4n) is 2.06. The Hall–Kier alpha value is -1.22. The van der Waals surface area contributed by atoms with Gasteiger partial charge in [0.15, 0.2) is 0 Å². The van der Waals surface area contributed by atoms with Gasteiger partial charge in [0.25, 0.3) is 0 Å². The summed E-state index contributed by atoms with van der Waals surface area (Å²) in [6.45, 7) is 4.17. The molecule has 2 N–H and O–H groups in total. The van der Waals surface area contributed by atoms with Crippen molar-refractivity contribution in [2.24, 2.45) is 5.73 Å². The molecule has 0 saturated heterocycles. The Balaban J connectivity index is 2.14. The molecule has 2 aromatic rings. The number of ether oxygens (including phenoxy) is 1. The number of benzene rings is 2. The Morgan fingerprint density at radius 3 is 2.33 bits per heavy atom. The highest BCUT2D eigenvalue weighted by Gasteiger charge is 2.07. The van der Waals surface area contributed by atoms with Gasteiger partial charge in [-0.1, -0.05) is 36.2 Å². The molecule has 2 rings (SSSR count). The van der Waals surface area contributed by atoms with E-state index in [9.17, 15) is 0 Å². The lowest BCUT2D eigenvalue weighted by molar-refractivity contribution is 0.482. The van der Waals surface area contributed by atoms with E-state index in [2.05, 4.69) is 19.9 Å². The Kier molecular flexibility index (Phi) is 5.51. The van der Waals surface area contributed by atoms with Crippen LogP contribution in [0.3, 0.4) is 0 Å². The third kappa shape index (κ3) is 4.37. The van der Waals surface area contributed by atoms with Gasteiger partial charge in [-0.2, -0.15) is 0 Å². The fraction of sp³-hybridized carbons (Fsp3) is 0.294. The lowest BCUT2D eigenvalue weighted by Gasteiger charge is -2.13. The summed E-state index contributed by atoms with van der Waals surface area (Å²) < 4.78 is 5.81. The lowest BCUT2D eigenvalue weighted by Crippen LogP contribution is -2.21. The van der Waals surface area contributed by atoms with E-state index in [1.54, 1.807) is 18.2 Å². The highest BCUT2D eigenvalue weighted by atomic mass is 35.5. The van der Waals surface area contributed by atoms with Gasteiger partial charge >= 0.3 is 0 Å². The van der Waals surface area contributed by atoms with Crippen molar-refractivity contribution >= 4 is 23.2 Å². The molecule has 0 bridgehead atoms. The first-order valence-corrected chi connectivity index (χ1v) is 7.73. The van der Waals surface area contributed by atoms with Crippen molar-refractivity contribution in [2.75, 3.05) is 0 Å². The second-order valence-corrected chi connectivity index (χ2v) is 5.95. The van der Waals surface area contributed by atoms with Gasteiger partial charge in [0.2, 0.25) is 0 Å². The summed E-state index contributed by atoms with van der Waals surface area (Å²) in [5, 5.41) is 1.00. The summed E-state index contributed by atoms with van der Waals surface area (Å²) in [6, 6.07) is 11.5. The maximum absolute atomic E-state index is 6.01. The Morgan fingerprint density at radius 1 is 1.05 bits per heavy atom. The number of rotatable bonds is 5. The minimum atomic E-state index is 0.200. The molecular weight excluding hydrogens is 305 g/mol. The van der Waals surface area contributed by atoms with E-state index in [0.29, 0.717) is 15.8 Å². The van der Waals surface area contributed by atoms with Crippen LogP contribution in [-0.4, -0.2) is 6.04 Å². The zero-order valence-electron chi connectivity index (χ0n) is 12.2. The van der Waals surface area contributed by atoms with E-state index in [1.807, 2.05) is 12.1 Å². The zero-order valence-corrected chi connectivity index (χ0v) is 13.7. The molecule has 0 aliphatic heterocycles. The second kappa shape index (κ2) is 7.17. The van der Waals surface area contributed by atoms with Gasteiger partial charge < -0.3 is 10.5 Å². The number of nitrogens with two attached hydrogens (primary N) is 1. The monoisotopic (exact) mass is 323 g/mol. The number of aryl methyl sites for hydroxylation is 1. The third-order valence-corrected chi connectivity index (χ3v) is 4.19. The Bertz CT molecular complexity index is 628. The molecule has 0 saturated carbocycles. The standard InChI is InChI=1S/C17H19Cl2NO/c1-3-13(20)9-12-4-5-14(8-11(12)2)21-15-6-7-16(18)17(19)10-15/h4-8,10,13H,3,9,20H2,1-2H3. The van der Waals surface area contributed by atoms with E-state index in [1.165, 1.54) is 11.1 Å². The van der Waals surface area contributed by atoms with Crippen LogP contribution in [0.4, 0.5) is 0 Å². The van der Waals surface area contributed by atoms with Crippen molar-refractivity contribution in [3.63, 3.8) is 0 Å². The summed E-state index contributed by atoms with van der Waals surface area (Å²) >= 11 is 11.9. The van der Waals surface area contributed by atoms with Gasteiger partial charge in [0.1, 0.15) is 11.5 Å². The summed E-state index contributed by atoms with van der Waals surface area (Å²) in [5.41, 5.74) is 8.44. The molecule has 2 nitrogen and oxygen atoms in total. The molecule has 21 heavy (non-hydrogen) atoms. The van der Waals surface area contributed by atoms with Gasteiger partial charge in [-0.25, -0.2) is 0 Å². The van der Waals surface area contributed by atoms with E-state index < -0.39 is 0 Å². The number of hydrogen-bond donors (Lipinski definition) is 1. The van der Waals surface area contributed by atoms with Crippen LogP contribution in [0.15, 0.2) is 36.4 Å². The maximum atomic E-state index is 6.01. The molecule has 0 spiro atoms. The van der Waals surface area contributed by atoms with Crippen molar-refractivity contribution in [1.82, 2.24) is 0 Å². The SMILES string of the molecule is CCC(N)Cc1ccc(Oc2ccc(Cl)c(Cl)c2)cc1C. The van der Waals surface area contributed by atoms with Crippen molar-refractivity contribution in [3.05, 3.63) is 57.6 Å². The molecule has 0 fully saturated rings. The summed E-state index contributed by atoms with van der Waals surface area (Å²) in [7, 11) is 0. The first-order chi connectivity index (χ1) is 9.99. The van der Waals surface area contributed by atoms with Crippen LogP contribution in [0.1, 0.15) is 24.5 Å². The summed E-state index contributed by atoms with van der Waals surface area (Å²) in [5.74, 6) is 1.45. The largest absolute Gasteiger partial charge is 0.457 e. The van der Waals surface area contributed by atoms with Gasteiger partial charge in [-0.15, -0.1) is 0 Å². The molecule has 4 heteroatoms. The minimum Gasteiger partial charge on any atom is -0.457 e. The predicted molar refractivity (Wildman–Crippen MR) is 89.7 cm³/mol. The number of hydrogen-bond acceptors (Lipinski definition) is 2. The molecule has 0 aliphatic carbocycles. The highest BCUT2D eigenvalue weighted by Crippen LogP contribution is 2.30. The van der Waals surface area contributed by atoms with Gasteiger partial charge in [-0.05, 0) is 55.2 Å². The van der Waals surface area contributed by atoms with Crippen molar-refractivity contribution < 1.29 is 4.74 Å². The maximum Gasteiger partial charge on any atom is 0.129 e. The smallest absolute Gasteiger partial charge is 0.129 e. The topological polar surface area (TPSA) is 35.2 Å². The first-order valence-electron chi connectivity index (χ1n) is 6.97. The van der Waals surface area contributed by atoms with Crippen LogP contribution in [0.5, 0.6) is 11.5 Å². The van der Waals surface area contributed by atoms with Crippen LogP contribution >= 0.6 is 23.2 Å². The van der Waals surface area contributed by atoms with Crippen LogP contribution in [-0.2, 0) is 6.42 Å². The Labute approximate surface area is 135 Å². The normalized spacial score (nSPS) is 12.2. The summed E-state index contributed by atoms with van der Waals surface area (Å²) in [6.07, 6.45) is 1.86. The van der Waals surface area contributed by atoms with Gasteiger partial charge in [0.05, 0.1) is 10.0 Å². The van der Waals surface area contributed by atoms with Crippen molar-refractivity contribution in [3.8, 4) is 11.5 Å². The van der Waals surface area contributed by atoms with E-state index in [0.717, 1.165) is 18.6 Å². The molecule has 0 amide bonds. The lowest BCUT2D eigenvalue weighted by atomic mass is 10.00. The van der Waals surface area contributed by atoms with E-state index in [-0.39, 0.29) is 6.04 Å². The summed E-state index contributed by atoms with van der Waals surface area (Å²) in [4.78, 5) is 0. The predicted octanol–water partition coefficient (Wildman–Crippen LogP) is 5.37. The molecule has 0 radical (unpaired) electrons. The second-order valence-electron chi connectivity index (χ2n) is 5.14. The average Bonchev–Trinajstić information content (AvgIpc) is 2.45. The molecule has 0 heterocycles. The van der Waals surface area contributed by atoms with Crippen LogP contribution in [0, 0.1) is 6.92 Å². The third-order valence-electron chi connectivity index (χ3n) is 3.45. The van der Waals surface area contributed by atoms with Crippen LogP contribution in [0.25, 0.3) is 0 Å². The zero-order chi connectivity index (χ0) is 15.4. The molecular formula is C17H19Cl2NO. The number of halogens is 2. The molecule has 2 aromatic carbocycles. The van der Waals surface area contributed by atoms with E-state index >= 15 is 0 Å². The Morgan fingerprint density at radius 2 is 1.71 bits per heavy atom. The molecule has 1 atom stereocenters. The quantitative estimate of drug-likeness (QED) is 0.802. The van der Waals surface area contributed by atoms with Crippen molar-refractivity contribution in [2.45, 2.75) is 32.7 Å². The van der Waals surface area contributed by atoms with Crippen molar-refractivity contribution in [1.29, 1.82) is 0 Å². The molecule has 112 valence electrons. The molecule has 0 aliphatic rings. The fourth-order valence-corrected chi connectivity index (χ4v) is 2.35.